The summed E-state index contributed by atoms with van der Waals surface area (Å²) in [6, 6.07) is 19.9. The minimum atomic E-state index is -0.407. The van der Waals surface area contributed by atoms with E-state index in [1.54, 1.807) is 0 Å². The van der Waals surface area contributed by atoms with Crippen molar-refractivity contribution >= 4 is 23.4 Å². The molecule has 2 aromatic carbocycles. The van der Waals surface area contributed by atoms with E-state index >= 15 is 0 Å². The van der Waals surface area contributed by atoms with Crippen LogP contribution in [0.5, 0.6) is 0 Å². The predicted molar refractivity (Wildman–Crippen MR) is 128 cm³/mol. The molecule has 0 spiro atoms. The second kappa shape index (κ2) is 8.10. The number of carbonyl (C=O) groups is 1. The fourth-order valence-corrected chi connectivity index (χ4v) is 5.48. The highest BCUT2D eigenvalue weighted by Crippen LogP contribution is 2.47. The third-order valence-corrected chi connectivity index (χ3v) is 7.00. The van der Waals surface area contributed by atoms with E-state index in [1.165, 1.54) is 11.8 Å². The highest BCUT2D eigenvalue weighted by molar-refractivity contribution is 7.98. The number of Topliss-reactive ketones (excluding diaryl/α,β-unsaturated/α-hetero) is 1. The van der Waals surface area contributed by atoms with Crippen molar-refractivity contribution < 1.29 is 4.79 Å². The van der Waals surface area contributed by atoms with E-state index in [9.17, 15) is 9.59 Å². The van der Waals surface area contributed by atoms with Crippen molar-refractivity contribution in [2.24, 2.45) is 5.41 Å². The van der Waals surface area contributed by atoms with Crippen LogP contribution in [0, 0.1) is 5.41 Å². The van der Waals surface area contributed by atoms with Crippen LogP contribution in [0.2, 0.25) is 0 Å². The molecule has 2 aliphatic rings. The number of allylic oxidation sites excluding steroid dienone is 2. The Balaban J connectivity index is 1.59. The second-order valence-electron chi connectivity index (χ2n) is 9.21. The number of fused-ring (bicyclic) bond motifs is 1. The van der Waals surface area contributed by atoms with Crippen molar-refractivity contribution in [3.63, 3.8) is 0 Å². The summed E-state index contributed by atoms with van der Waals surface area (Å²) >= 11 is 1.50. The van der Waals surface area contributed by atoms with Crippen LogP contribution in [-0.2, 0) is 10.5 Å². The van der Waals surface area contributed by atoms with E-state index < -0.39 is 5.92 Å². The van der Waals surface area contributed by atoms with Gasteiger partial charge in [-0.2, -0.15) is 0 Å². The Morgan fingerprint density at radius 3 is 2.41 bits per heavy atom. The maximum Gasteiger partial charge on any atom is 0.257 e. The summed E-state index contributed by atoms with van der Waals surface area (Å²) in [6.45, 7) is 4.21. The first-order valence-corrected chi connectivity index (χ1v) is 11.8. The molecule has 5 rings (SSSR count). The van der Waals surface area contributed by atoms with Crippen LogP contribution in [0.1, 0.15) is 49.3 Å². The molecule has 0 amide bonds. The van der Waals surface area contributed by atoms with Gasteiger partial charge in [-0.05, 0) is 23.0 Å². The Kier molecular flexibility index (Phi) is 5.25. The van der Waals surface area contributed by atoms with Crippen LogP contribution in [0.3, 0.4) is 0 Å². The zero-order chi connectivity index (χ0) is 22.3. The van der Waals surface area contributed by atoms with Crippen LogP contribution in [0.4, 0.5) is 5.82 Å². The average Bonchev–Trinajstić information content (AvgIpc) is 2.77. The van der Waals surface area contributed by atoms with Gasteiger partial charge in [0.2, 0.25) is 0 Å². The molecule has 1 aliphatic heterocycles. The van der Waals surface area contributed by atoms with Crippen molar-refractivity contribution in [2.45, 2.75) is 43.5 Å². The number of thioether (sulfide) groups is 1. The lowest BCUT2D eigenvalue weighted by molar-refractivity contribution is -0.118. The van der Waals surface area contributed by atoms with Crippen LogP contribution in [-0.4, -0.2) is 15.8 Å². The minimum absolute atomic E-state index is 0.102. The molecule has 32 heavy (non-hydrogen) atoms. The second-order valence-corrected chi connectivity index (χ2v) is 10.2. The monoisotopic (exact) mass is 443 g/mol. The van der Waals surface area contributed by atoms with Crippen LogP contribution >= 0.6 is 11.8 Å². The Bertz CT molecular complexity index is 1260. The van der Waals surface area contributed by atoms with Gasteiger partial charge in [-0.15, -0.1) is 0 Å². The summed E-state index contributed by atoms with van der Waals surface area (Å²) in [5.74, 6) is 0.965. The van der Waals surface area contributed by atoms with E-state index in [0.717, 1.165) is 23.2 Å². The standard InChI is InChI=1S/C26H25N3O2S/c1-26(2)13-18-21(19(30)14-26)20(17-11-7-4-8-12-17)22-23(27-18)28-25(29-24(22)31)32-15-16-9-5-3-6-10-16/h3-12,20H,13-15H2,1-2H3,(H2,27,28,29,31)/t20-/m0/s1. The molecule has 1 aromatic heterocycles. The first kappa shape index (κ1) is 20.8. The van der Waals surface area contributed by atoms with Crippen molar-refractivity contribution in [1.29, 1.82) is 0 Å². The van der Waals surface area contributed by atoms with Gasteiger partial charge in [-0.1, -0.05) is 86.3 Å². The summed E-state index contributed by atoms with van der Waals surface area (Å²) in [6.07, 6.45) is 1.22. The van der Waals surface area contributed by atoms with Crippen molar-refractivity contribution in [3.05, 3.63) is 99.0 Å². The highest BCUT2D eigenvalue weighted by Gasteiger charge is 2.42. The number of nitrogens with one attached hydrogen (secondary N) is 2. The van der Waals surface area contributed by atoms with Gasteiger partial charge in [0.05, 0.1) is 5.56 Å². The molecule has 2 heterocycles. The van der Waals surface area contributed by atoms with Gasteiger partial charge in [0, 0.05) is 29.4 Å². The number of H-pyrrole nitrogens is 1. The van der Waals surface area contributed by atoms with E-state index in [0.29, 0.717) is 34.3 Å². The average molecular weight is 444 g/mol. The zero-order valence-electron chi connectivity index (χ0n) is 18.1. The summed E-state index contributed by atoms with van der Waals surface area (Å²) in [5, 5.41) is 3.95. The van der Waals surface area contributed by atoms with Crippen LogP contribution in [0.25, 0.3) is 0 Å². The van der Waals surface area contributed by atoms with Gasteiger partial charge in [-0.3, -0.25) is 9.59 Å². The molecule has 0 bridgehead atoms. The lowest BCUT2D eigenvalue weighted by atomic mass is 9.69. The first-order chi connectivity index (χ1) is 15.4. The number of anilines is 1. The third kappa shape index (κ3) is 3.91. The van der Waals surface area contributed by atoms with E-state index in [4.69, 9.17) is 4.98 Å². The van der Waals surface area contributed by atoms with Crippen LogP contribution in [0.15, 0.2) is 81.9 Å². The molecule has 0 saturated carbocycles. The van der Waals surface area contributed by atoms with Gasteiger partial charge in [0.15, 0.2) is 10.9 Å². The first-order valence-electron chi connectivity index (χ1n) is 10.8. The molecular formula is C26H25N3O2S. The summed E-state index contributed by atoms with van der Waals surface area (Å²) < 4.78 is 0. The van der Waals surface area contributed by atoms with E-state index in [1.807, 2.05) is 48.5 Å². The number of rotatable bonds is 4. The number of nitrogens with zero attached hydrogens (tertiary/aromatic N) is 1. The maximum atomic E-state index is 13.3. The highest BCUT2D eigenvalue weighted by atomic mass is 32.2. The zero-order valence-corrected chi connectivity index (χ0v) is 19.0. The predicted octanol–water partition coefficient (Wildman–Crippen LogP) is 5.26. The molecule has 162 valence electrons. The molecule has 0 fully saturated rings. The fraction of sp³-hybridized carbons (Fsp3) is 0.269. The number of aromatic amines is 1. The van der Waals surface area contributed by atoms with E-state index in [-0.39, 0.29) is 16.8 Å². The Morgan fingerprint density at radius 2 is 1.69 bits per heavy atom. The summed E-state index contributed by atoms with van der Waals surface area (Å²) in [7, 11) is 0. The molecule has 3 aromatic rings. The molecule has 6 heteroatoms. The molecule has 2 N–H and O–H groups in total. The van der Waals surface area contributed by atoms with Crippen molar-refractivity contribution in [2.75, 3.05) is 5.32 Å². The molecule has 1 aliphatic carbocycles. The van der Waals surface area contributed by atoms with Gasteiger partial charge in [-0.25, -0.2) is 4.98 Å². The number of hydrogen-bond acceptors (Lipinski definition) is 5. The Morgan fingerprint density at radius 1 is 1.00 bits per heavy atom. The smallest absolute Gasteiger partial charge is 0.257 e. The third-order valence-electron chi connectivity index (χ3n) is 6.05. The van der Waals surface area contributed by atoms with Crippen LogP contribution < -0.4 is 10.9 Å². The van der Waals surface area contributed by atoms with Gasteiger partial charge < -0.3 is 10.3 Å². The largest absolute Gasteiger partial charge is 0.343 e. The molecular weight excluding hydrogens is 418 g/mol. The molecule has 0 saturated heterocycles. The van der Waals surface area contributed by atoms with Crippen molar-refractivity contribution in [3.8, 4) is 0 Å². The Hall–Kier alpha value is -3.12. The minimum Gasteiger partial charge on any atom is -0.343 e. The molecule has 5 nitrogen and oxygen atoms in total. The maximum absolute atomic E-state index is 13.3. The van der Waals surface area contributed by atoms with E-state index in [2.05, 4.69) is 36.3 Å². The molecule has 1 atom stereocenters. The number of hydrogen-bond donors (Lipinski definition) is 2. The lowest BCUT2D eigenvalue weighted by Crippen LogP contribution is -2.37. The lowest BCUT2D eigenvalue weighted by Gasteiger charge is -2.38. The molecule has 0 unspecified atom stereocenters. The Labute approximate surface area is 191 Å². The fourth-order valence-electron chi connectivity index (χ4n) is 4.67. The quantitative estimate of drug-likeness (QED) is 0.425. The van der Waals surface area contributed by atoms with Gasteiger partial charge in [0.25, 0.3) is 5.56 Å². The topological polar surface area (TPSA) is 74.8 Å². The normalized spacial score (nSPS) is 19.2. The molecule has 0 radical (unpaired) electrons. The number of ketones is 1. The van der Waals surface area contributed by atoms with Gasteiger partial charge >= 0.3 is 0 Å². The summed E-state index contributed by atoms with van der Waals surface area (Å²) in [4.78, 5) is 34.3. The SMILES string of the molecule is CC1(C)CC(=O)C2=C(C1)Nc1nc(SCc3ccccc3)[nH]c(=O)c1[C@H]2c1ccccc1. The summed E-state index contributed by atoms with van der Waals surface area (Å²) in [5.41, 5.74) is 3.89. The number of carbonyl (C=O) groups excluding carboxylic acids is 1. The number of benzene rings is 2. The number of aromatic nitrogens is 2. The van der Waals surface area contributed by atoms with Gasteiger partial charge in [0.1, 0.15) is 5.82 Å². The van der Waals surface area contributed by atoms with Crippen molar-refractivity contribution in [1.82, 2.24) is 9.97 Å².